The van der Waals surface area contributed by atoms with Gasteiger partial charge in [-0.25, -0.2) is 4.68 Å². The zero-order valence-corrected chi connectivity index (χ0v) is 18.6. The first-order valence-electron chi connectivity index (χ1n) is 10.9. The van der Waals surface area contributed by atoms with E-state index in [-0.39, 0.29) is 11.5 Å². The van der Waals surface area contributed by atoms with Gasteiger partial charge in [-0.15, -0.1) is 0 Å². The van der Waals surface area contributed by atoms with Gasteiger partial charge in [0.1, 0.15) is 11.4 Å². The molecule has 0 N–H and O–H groups in total. The normalized spacial score (nSPS) is 13.1. The summed E-state index contributed by atoms with van der Waals surface area (Å²) in [5, 5.41) is 4.12. The Hall–Kier alpha value is -4.07. The van der Waals surface area contributed by atoms with Gasteiger partial charge in [0.2, 0.25) is 0 Å². The van der Waals surface area contributed by atoms with Crippen molar-refractivity contribution >= 4 is 5.91 Å². The molecule has 4 aromatic rings. The van der Waals surface area contributed by atoms with E-state index in [4.69, 9.17) is 4.74 Å². The monoisotopic (exact) mass is 443 g/mol. The van der Waals surface area contributed by atoms with Crippen LogP contribution in [0, 0.1) is 0 Å². The molecule has 0 unspecified atom stereocenters. The summed E-state index contributed by atoms with van der Waals surface area (Å²) in [5.41, 5.74) is 3.95. The summed E-state index contributed by atoms with van der Waals surface area (Å²) >= 11 is 0. The van der Waals surface area contributed by atoms with Crippen LogP contribution in [0.5, 0.6) is 5.75 Å². The lowest BCUT2D eigenvalue weighted by Gasteiger charge is -2.28. The summed E-state index contributed by atoms with van der Waals surface area (Å²) in [6.07, 6.45) is 2.13. The number of aromatic nitrogens is 4. The van der Waals surface area contributed by atoms with Gasteiger partial charge in [-0.1, -0.05) is 30.3 Å². The van der Waals surface area contributed by atoms with Crippen molar-refractivity contribution in [3.05, 3.63) is 99.7 Å². The third kappa shape index (κ3) is 3.73. The van der Waals surface area contributed by atoms with Gasteiger partial charge in [0, 0.05) is 25.4 Å². The topological polar surface area (TPSA) is 74.3 Å². The van der Waals surface area contributed by atoms with E-state index in [2.05, 4.69) is 5.10 Å². The lowest BCUT2D eigenvalue weighted by molar-refractivity contribution is 0.0718. The van der Waals surface area contributed by atoms with Gasteiger partial charge in [0.25, 0.3) is 11.5 Å². The number of nitrogens with zero attached hydrogens (tertiary/aromatic N) is 5. The fraction of sp³-hybridized carbons (Fsp3) is 0.240. The highest BCUT2D eigenvalue weighted by molar-refractivity contribution is 5.92. The summed E-state index contributed by atoms with van der Waals surface area (Å²) in [7, 11) is 3.37. The molecular weight excluding hydrogens is 418 g/mol. The Morgan fingerprint density at radius 3 is 2.48 bits per heavy atom. The Balaban J connectivity index is 1.60. The molecular formula is C25H25N5O3. The molecule has 33 heavy (non-hydrogen) atoms. The number of benzene rings is 2. The number of carbonyl (C=O) groups is 1. The van der Waals surface area contributed by atoms with Gasteiger partial charge in [-0.3, -0.25) is 19.0 Å². The summed E-state index contributed by atoms with van der Waals surface area (Å²) in [6, 6.07) is 19.2. The molecule has 2 aromatic carbocycles. The quantitative estimate of drug-likeness (QED) is 0.475. The molecule has 8 nitrogen and oxygen atoms in total. The SMILES string of the molecule is COc1ccc(-n2c(=O)c3c(n2Cc2ccccc2)CN(C(=O)c2ccnn2C)CC3)cc1. The van der Waals surface area contributed by atoms with E-state index in [0.717, 1.165) is 28.3 Å². The predicted molar refractivity (Wildman–Crippen MR) is 124 cm³/mol. The number of rotatable bonds is 5. The highest BCUT2D eigenvalue weighted by Crippen LogP contribution is 2.23. The molecule has 0 saturated carbocycles. The second kappa shape index (κ2) is 8.46. The molecule has 3 heterocycles. The molecule has 1 amide bonds. The lowest BCUT2D eigenvalue weighted by atomic mass is 10.1. The molecule has 5 rings (SSSR count). The number of amides is 1. The van der Waals surface area contributed by atoms with Crippen LogP contribution in [0.4, 0.5) is 0 Å². The summed E-state index contributed by atoms with van der Waals surface area (Å²) in [5.74, 6) is 0.641. The van der Waals surface area contributed by atoms with Crippen LogP contribution >= 0.6 is 0 Å². The summed E-state index contributed by atoms with van der Waals surface area (Å²) in [4.78, 5) is 28.5. The third-order valence-corrected chi connectivity index (χ3v) is 6.14. The highest BCUT2D eigenvalue weighted by Gasteiger charge is 2.30. The van der Waals surface area contributed by atoms with Crippen LogP contribution in [0.3, 0.4) is 0 Å². The van der Waals surface area contributed by atoms with Crippen LogP contribution in [-0.2, 0) is 26.6 Å². The second-order valence-electron chi connectivity index (χ2n) is 8.10. The van der Waals surface area contributed by atoms with E-state index < -0.39 is 0 Å². The van der Waals surface area contributed by atoms with Crippen molar-refractivity contribution in [3.8, 4) is 11.4 Å². The van der Waals surface area contributed by atoms with Gasteiger partial charge < -0.3 is 9.64 Å². The molecule has 0 bridgehead atoms. The van der Waals surface area contributed by atoms with Crippen LogP contribution in [0.2, 0.25) is 0 Å². The van der Waals surface area contributed by atoms with E-state index in [1.54, 1.807) is 40.7 Å². The van der Waals surface area contributed by atoms with Gasteiger partial charge in [-0.2, -0.15) is 5.10 Å². The van der Waals surface area contributed by atoms with Crippen molar-refractivity contribution in [3.63, 3.8) is 0 Å². The molecule has 1 aliphatic rings. The van der Waals surface area contributed by atoms with Crippen LogP contribution in [-0.4, -0.2) is 43.6 Å². The molecule has 0 saturated heterocycles. The summed E-state index contributed by atoms with van der Waals surface area (Å²) in [6.45, 7) is 1.37. The number of fused-ring (bicyclic) bond motifs is 1. The predicted octanol–water partition coefficient (Wildman–Crippen LogP) is 2.63. The molecule has 0 aliphatic carbocycles. The smallest absolute Gasteiger partial charge is 0.275 e. The van der Waals surface area contributed by atoms with Crippen molar-refractivity contribution in [1.29, 1.82) is 0 Å². The molecule has 0 fully saturated rings. The van der Waals surface area contributed by atoms with E-state index in [1.165, 1.54) is 0 Å². The number of carbonyl (C=O) groups excluding carboxylic acids is 1. The van der Waals surface area contributed by atoms with Crippen molar-refractivity contribution in [2.24, 2.45) is 7.05 Å². The molecule has 2 aromatic heterocycles. The van der Waals surface area contributed by atoms with Crippen LogP contribution < -0.4 is 10.3 Å². The number of hydrogen-bond acceptors (Lipinski definition) is 4. The Kier molecular flexibility index (Phi) is 5.34. The maximum atomic E-state index is 13.5. The van der Waals surface area contributed by atoms with Crippen molar-refractivity contribution < 1.29 is 9.53 Å². The Labute approximate surface area is 191 Å². The number of ether oxygens (including phenoxy) is 1. The lowest BCUT2D eigenvalue weighted by Crippen LogP contribution is -2.38. The molecule has 0 atom stereocenters. The minimum Gasteiger partial charge on any atom is -0.497 e. The minimum atomic E-state index is -0.0865. The van der Waals surface area contributed by atoms with Gasteiger partial charge in [0.05, 0.1) is 31.6 Å². The largest absolute Gasteiger partial charge is 0.497 e. The maximum absolute atomic E-state index is 13.5. The molecule has 0 spiro atoms. The van der Waals surface area contributed by atoms with Crippen molar-refractivity contribution in [2.45, 2.75) is 19.5 Å². The standard InChI is InChI=1S/C25H25N5O3/c1-27-22(12-14-26-27)25(32)28-15-13-21-23(17-28)29(16-18-6-4-3-5-7-18)30(24(21)31)19-8-10-20(33-2)11-9-19/h3-12,14H,13,15-17H2,1-2H3. The first kappa shape index (κ1) is 20.8. The zero-order chi connectivity index (χ0) is 22.9. The average Bonchev–Trinajstić information content (AvgIpc) is 3.40. The van der Waals surface area contributed by atoms with Crippen molar-refractivity contribution in [1.82, 2.24) is 24.0 Å². The maximum Gasteiger partial charge on any atom is 0.275 e. The molecule has 168 valence electrons. The Morgan fingerprint density at radius 1 is 1.06 bits per heavy atom. The average molecular weight is 444 g/mol. The van der Waals surface area contributed by atoms with Gasteiger partial charge in [0.15, 0.2) is 0 Å². The van der Waals surface area contributed by atoms with Crippen LogP contribution in [0.1, 0.15) is 27.3 Å². The van der Waals surface area contributed by atoms with Gasteiger partial charge >= 0.3 is 0 Å². The number of hydrogen-bond donors (Lipinski definition) is 0. The first-order chi connectivity index (χ1) is 16.1. The number of aryl methyl sites for hydroxylation is 1. The number of methoxy groups -OCH3 is 1. The van der Waals surface area contributed by atoms with E-state index in [0.29, 0.717) is 31.7 Å². The van der Waals surface area contributed by atoms with E-state index >= 15 is 0 Å². The highest BCUT2D eigenvalue weighted by atomic mass is 16.5. The van der Waals surface area contributed by atoms with Crippen LogP contribution in [0.15, 0.2) is 71.7 Å². The fourth-order valence-corrected chi connectivity index (χ4v) is 4.39. The minimum absolute atomic E-state index is 0.0428. The molecule has 1 aliphatic heterocycles. The fourth-order valence-electron chi connectivity index (χ4n) is 4.39. The molecule has 8 heteroatoms. The first-order valence-corrected chi connectivity index (χ1v) is 10.9. The summed E-state index contributed by atoms with van der Waals surface area (Å²) < 4.78 is 10.6. The third-order valence-electron chi connectivity index (χ3n) is 6.14. The Morgan fingerprint density at radius 2 is 1.82 bits per heavy atom. The molecule has 0 radical (unpaired) electrons. The van der Waals surface area contributed by atoms with E-state index in [1.807, 2.05) is 59.3 Å². The Bertz CT molecular complexity index is 1350. The van der Waals surface area contributed by atoms with Crippen molar-refractivity contribution in [2.75, 3.05) is 13.7 Å². The zero-order valence-electron chi connectivity index (χ0n) is 18.6. The second-order valence-corrected chi connectivity index (χ2v) is 8.10. The van der Waals surface area contributed by atoms with Crippen LogP contribution in [0.25, 0.3) is 5.69 Å². The van der Waals surface area contributed by atoms with Gasteiger partial charge in [-0.05, 0) is 42.3 Å². The van der Waals surface area contributed by atoms with E-state index in [9.17, 15) is 9.59 Å².